The normalized spacial score (nSPS) is 21.6. The Morgan fingerprint density at radius 2 is 1.84 bits per heavy atom. The van der Waals surface area contributed by atoms with Gasteiger partial charge in [0.2, 0.25) is 5.82 Å². The minimum absolute atomic E-state index is 0.216. The van der Waals surface area contributed by atoms with Crippen LogP contribution in [0.1, 0.15) is 72.2 Å². The lowest BCUT2D eigenvalue weighted by Crippen LogP contribution is -2.36. The van der Waals surface area contributed by atoms with E-state index in [0.717, 1.165) is 119 Å². The highest BCUT2D eigenvalue weighted by Gasteiger charge is 2.32. The first-order valence-electron chi connectivity index (χ1n) is 19.6. The van der Waals surface area contributed by atoms with Gasteiger partial charge in [-0.1, -0.05) is 24.3 Å². The molecule has 1 atom stereocenters. The van der Waals surface area contributed by atoms with E-state index in [9.17, 15) is 19.8 Å². The van der Waals surface area contributed by atoms with E-state index >= 15 is 0 Å². The van der Waals surface area contributed by atoms with Gasteiger partial charge in [-0.05, 0) is 104 Å². The summed E-state index contributed by atoms with van der Waals surface area (Å²) in [5.41, 5.74) is 7.49. The van der Waals surface area contributed by atoms with E-state index in [1.165, 1.54) is 0 Å². The maximum atomic E-state index is 13.9. The van der Waals surface area contributed by atoms with E-state index in [1.54, 1.807) is 6.20 Å². The fourth-order valence-corrected chi connectivity index (χ4v) is 8.99. The number of β-amino-alcohol motifs (C(OH)–C–C–N with tert-alkyl or cyclic N) is 1. The van der Waals surface area contributed by atoms with Gasteiger partial charge in [0, 0.05) is 93.7 Å². The van der Waals surface area contributed by atoms with Crippen LogP contribution in [0.2, 0.25) is 0 Å². The Hall–Kier alpha value is -4.88. The van der Waals surface area contributed by atoms with Crippen molar-refractivity contribution >= 4 is 51.7 Å². The number of pyridine rings is 2. The third-order valence-electron chi connectivity index (χ3n) is 12.0. The smallest absolute Gasteiger partial charge is 0.308 e. The van der Waals surface area contributed by atoms with E-state index in [4.69, 9.17) is 21.7 Å². The summed E-state index contributed by atoms with van der Waals surface area (Å²) in [5, 5.41) is 24.3. The molecule has 0 spiro atoms. The van der Waals surface area contributed by atoms with E-state index in [1.807, 2.05) is 73.3 Å². The number of nitrogens with zero attached hydrogens (tertiary/aromatic N) is 7. The molecule has 0 radical (unpaired) electrons. The number of amides is 1. The number of nitrogens with one attached hydrogen (secondary N) is 1. The maximum Gasteiger partial charge on any atom is 0.308 e. The third-order valence-corrected chi connectivity index (χ3v) is 12.3. The zero-order chi connectivity index (χ0) is 39.1. The number of carboxylic acids is 1. The first-order valence-corrected chi connectivity index (χ1v) is 19.9. The quantitative estimate of drug-likeness (QED) is 0.126. The number of imidazole rings is 1. The number of aliphatic hydroxyl groups is 1. The Labute approximate surface area is 332 Å². The molecule has 2 aliphatic heterocycles. The van der Waals surface area contributed by atoms with Crippen molar-refractivity contribution in [2.24, 2.45) is 18.9 Å². The van der Waals surface area contributed by atoms with Gasteiger partial charge in [-0.3, -0.25) is 24.4 Å². The van der Waals surface area contributed by atoms with Crippen LogP contribution in [0.15, 0.2) is 67.0 Å². The molecular weight excluding hydrogens is 728 g/mol. The van der Waals surface area contributed by atoms with Gasteiger partial charge in [0.15, 0.2) is 5.82 Å². The van der Waals surface area contributed by atoms with Crippen molar-refractivity contribution in [2.75, 3.05) is 35.9 Å². The van der Waals surface area contributed by atoms with E-state index in [2.05, 4.69) is 33.1 Å². The van der Waals surface area contributed by atoms with Crippen molar-refractivity contribution in [2.45, 2.75) is 71.1 Å². The van der Waals surface area contributed by atoms with Gasteiger partial charge < -0.3 is 20.1 Å². The number of fused-ring (bicyclic) bond motifs is 2. The predicted octanol–water partition coefficient (Wildman–Crippen LogP) is 7.09. The molecule has 1 saturated carbocycles. The van der Waals surface area contributed by atoms with Gasteiger partial charge in [0.1, 0.15) is 5.52 Å². The lowest BCUT2D eigenvalue weighted by atomic mass is 9.81. The van der Waals surface area contributed by atoms with Crippen molar-refractivity contribution in [1.82, 2.24) is 29.3 Å². The average molecular weight is 777 g/mol. The molecule has 1 aliphatic carbocycles. The number of carboxylic acid groups (broad SMARTS) is 1. The van der Waals surface area contributed by atoms with Gasteiger partial charge in [-0.2, -0.15) is 0 Å². The fraction of sp³-hybridized carbons (Fsp3) is 0.419. The second-order valence-corrected chi connectivity index (χ2v) is 16.5. The van der Waals surface area contributed by atoms with Crippen molar-refractivity contribution in [3.8, 4) is 11.1 Å². The Kier molecular flexibility index (Phi) is 10.6. The number of anilines is 3. The fourth-order valence-electron chi connectivity index (χ4n) is 8.81. The van der Waals surface area contributed by atoms with Gasteiger partial charge >= 0.3 is 11.9 Å². The number of carbonyl (C=O) groups excluding carboxylic acids is 1. The minimum atomic E-state index is -0.678. The summed E-state index contributed by atoms with van der Waals surface area (Å²) in [6, 6.07) is 17.8. The molecule has 12 nitrogen and oxygen atoms in total. The zero-order valence-corrected chi connectivity index (χ0v) is 33.0. The molecule has 5 heterocycles. The molecule has 1 unspecified atom stereocenters. The Morgan fingerprint density at radius 1 is 1.04 bits per heavy atom. The summed E-state index contributed by atoms with van der Waals surface area (Å²) < 4.78 is 3.03. The standard InChI is InChI=1S/C43H49ClN8O4/c1-27-34(8-5-9-35(27)47-39-38-32(14-17-45-39)20-29(22-46-38)24-51-19-16-43(2,56)26-51)31-6-4-7-33(21-31)52(44)41(53)40-48-36-25-50(18-15-37(36)49(40)3)23-28-10-12-30(13-11-28)42(54)55/h4-9,14,17,20-22,28,30,56H,10-13,15-16,18-19,23-26H2,1-3H3,(H,45,47)(H,54,55). The molecule has 3 aliphatic rings. The number of likely N-dealkylation sites (tertiary alicyclic amines) is 1. The lowest BCUT2D eigenvalue weighted by molar-refractivity contribution is -0.143. The summed E-state index contributed by atoms with van der Waals surface area (Å²) in [6.07, 6.45) is 8.57. The van der Waals surface area contributed by atoms with Crippen LogP contribution in [0.4, 0.5) is 17.2 Å². The monoisotopic (exact) mass is 776 g/mol. The minimum Gasteiger partial charge on any atom is -0.481 e. The van der Waals surface area contributed by atoms with Crippen molar-refractivity contribution < 1.29 is 19.8 Å². The SMILES string of the molecule is Cc1c(Nc2nccc3cc(CN4CCC(C)(O)C4)cnc23)cccc1-c1cccc(N(Cl)C(=O)c2nc3c(n2C)CCN(CC2CCC(C(=O)O)CC2)C3)c1. The summed E-state index contributed by atoms with van der Waals surface area (Å²) in [5.74, 6) is 0.156. The van der Waals surface area contributed by atoms with Crippen LogP contribution in [0.25, 0.3) is 22.0 Å². The number of aromatic nitrogens is 4. The third kappa shape index (κ3) is 7.88. The van der Waals surface area contributed by atoms with Crippen LogP contribution in [0, 0.1) is 18.8 Å². The molecular formula is C43H49ClN8O4. The predicted molar refractivity (Wildman–Crippen MR) is 218 cm³/mol. The Morgan fingerprint density at radius 3 is 2.61 bits per heavy atom. The highest BCUT2D eigenvalue weighted by Crippen LogP contribution is 2.35. The summed E-state index contributed by atoms with van der Waals surface area (Å²) in [7, 11) is 1.88. The Bertz CT molecular complexity index is 2280. The van der Waals surface area contributed by atoms with Gasteiger partial charge in [-0.15, -0.1) is 0 Å². The van der Waals surface area contributed by atoms with Gasteiger partial charge in [-0.25, -0.2) is 14.4 Å². The first kappa shape index (κ1) is 38.0. The molecule has 2 aromatic carbocycles. The van der Waals surface area contributed by atoms with E-state index < -0.39 is 17.5 Å². The number of carbonyl (C=O) groups is 2. The number of halogens is 1. The van der Waals surface area contributed by atoms with Crippen molar-refractivity contribution in [3.63, 3.8) is 0 Å². The van der Waals surface area contributed by atoms with Crippen LogP contribution < -0.4 is 9.74 Å². The molecule has 0 bridgehead atoms. The van der Waals surface area contributed by atoms with Crippen molar-refractivity contribution in [1.29, 1.82) is 0 Å². The highest BCUT2D eigenvalue weighted by molar-refractivity contribution is 6.38. The molecule has 5 aromatic rings. The molecule has 1 amide bonds. The summed E-state index contributed by atoms with van der Waals surface area (Å²) in [6.45, 7) is 8.64. The molecule has 56 heavy (non-hydrogen) atoms. The topological polar surface area (TPSA) is 140 Å². The molecule has 292 valence electrons. The number of aliphatic carboxylic acids is 1. The average Bonchev–Trinajstić information content (AvgIpc) is 3.71. The lowest BCUT2D eigenvalue weighted by Gasteiger charge is -2.33. The van der Waals surface area contributed by atoms with Crippen LogP contribution in [-0.4, -0.2) is 83.2 Å². The van der Waals surface area contributed by atoms with Crippen LogP contribution in [-0.2, 0) is 31.4 Å². The van der Waals surface area contributed by atoms with Crippen molar-refractivity contribution in [3.05, 3.63) is 95.3 Å². The molecule has 8 rings (SSSR count). The molecule has 1 saturated heterocycles. The zero-order valence-electron chi connectivity index (χ0n) is 32.2. The van der Waals surface area contributed by atoms with Crippen LogP contribution in [0.3, 0.4) is 0 Å². The Balaban J connectivity index is 0.956. The number of hydrogen-bond donors (Lipinski definition) is 3. The largest absolute Gasteiger partial charge is 0.481 e. The number of rotatable bonds is 10. The van der Waals surface area contributed by atoms with Crippen LogP contribution in [0.5, 0.6) is 0 Å². The van der Waals surface area contributed by atoms with Gasteiger partial charge in [0.05, 0.1) is 22.9 Å². The van der Waals surface area contributed by atoms with E-state index in [-0.39, 0.29) is 5.92 Å². The first-order chi connectivity index (χ1) is 26.9. The van der Waals surface area contributed by atoms with Gasteiger partial charge in [0.25, 0.3) is 0 Å². The second kappa shape index (κ2) is 15.6. The van der Waals surface area contributed by atoms with Crippen LogP contribution >= 0.6 is 11.8 Å². The maximum absolute atomic E-state index is 13.9. The summed E-state index contributed by atoms with van der Waals surface area (Å²) >= 11 is 6.82. The summed E-state index contributed by atoms with van der Waals surface area (Å²) in [4.78, 5) is 44.2. The number of hydrogen-bond acceptors (Lipinski definition) is 9. The second-order valence-electron chi connectivity index (χ2n) is 16.2. The highest BCUT2D eigenvalue weighted by atomic mass is 35.5. The molecule has 3 N–H and O–H groups in total. The molecule has 13 heteroatoms. The molecule has 3 aromatic heterocycles. The molecule has 2 fully saturated rings. The van der Waals surface area contributed by atoms with E-state index in [0.29, 0.717) is 36.3 Å². The number of benzene rings is 2.